The topological polar surface area (TPSA) is 97.4 Å². The molecule has 4 rings (SSSR count). The zero-order valence-electron chi connectivity index (χ0n) is 13.3. The molecule has 1 saturated heterocycles. The third kappa shape index (κ3) is 2.98. The van der Waals surface area contributed by atoms with E-state index in [4.69, 9.17) is 13.8 Å². The molecule has 0 aliphatic carbocycles. The summed E-state index contributed by atoms with van der Waals surface area (Å²) < 4.78 is 10.5. The fourth-order valence-corrected chi connectivity index (χ4v) is 3.08. The minimum Gasteiger partial charge on any atom is -0.408 e. The van der Waals surface area contributed by atoms with E-state index in [1.54, 1.807) is 19.2 Å². The highest BCUT2D eigenvalue weighted by molar-refractivity contribution is 5.77. The monoisotopic (exact) mass is 330 g/mol. The molecular formula is C16H18N4O4. The minimum atomic E-state index is -0.474. The fraction of sp³-hybridized carbons (Fsp3) is 0.438. The average Bonchev–Trinajstić information content (AvgIpc) is 3.20. The number of piperidine rings is 1. The van der Waals surface area contributed by atoms with Crippen LogP contribution in [0.2, 0.25) is 0 Å². The van der Waals surface area contributed by atoms with Crippen LogP contribution in [-0.4, -0.2) is 40.4 Å². The highest BCUT2D eigenvalue weighted by atomic mass is 16.7. The number of hydroxylamine groups is 2. The van der Waals surface area contributed by atoms with Crippen molar-refractivity contribution in [3.05, 3.63) is 34.6 Å². The summed E-state index contributed by atoms with van der Waals surface area (Å²) in [4.78, 5) is 23.5. The van der Waals surface area contributed by atoms with Crippen LogP contribution < -0.4 is 5.76 Å². The molecule has 0 atom stereocenters. The largest absolute Gasteiger partial charge is 0.417 e. The fourth-order valence-electron chi connectivity index (χ4n) is 3.08. The molecule has 8 heteroatoms. The summed E-state index contributed by atoms with van der Waals surface area (Å²) in [5.41, 5.74) is 1.89. The maximum Gasteiger partial charge on any atom is 0.417 e. The highest BCUT2D eigenvalue weighted by Gasteiger charge is 2.22. The van der Waals surface area contributed by atoms with E-state index < -0.39 is 5.76 Å². The standard InChI is InChI=1S/C16H18N4O4/c1-22-20-6-4-10(5-7-20)8-14-18-15(19-24-14)11-2-3-12-13(9-11)23-16(21)17-12/h2-3,9-10H,4-8H2,1H3,(H,17,21). The highest BCUT2D eigenvalue weighted by Crippen LogP contribution is 2.24. The second-order valence-corrected chi connectivity index (χ2v) is 6.00. The Kier molecular flexibility index (Phi) is 3.91. The van der Waals surface area contributed by atoms with Crippen LogP contribution in [0.1, 0.15) is 18.7 Å². The number of fused-ring (bicyclic) bond motifs is 1. The molecule has 0 bridgehead atoms. The van der Waals surface area contributed by atoms with Gasteiger partial charge in [0.25, 0.3) is 0 Å². The van der Waals surface area contributed by atoms with Crippen LogP contribution in [0.4, 0.5) is 0 Å². The van der Waals surface area contributed by atoms with Crippen LogP contribution in [0, 0.1) is 5.92 Å². The second kappa shape index (κ2) is 6.21. The van der Waals surface area contributed by atoms with E-state index in [-0.39, 0.29) is 0 Å². The molecule has 1 fully saturated rings. The lowest BCUT2D eigenvalue weighted by atomic mass is 9.94. The lowest BCUT2D eigenvalue weighted by Crippen LogP contribution is -2.33. The van der Waals surface area contributed by atoms with Crippen LogP contribution >= 0.6 is 0 Å². The van der Waals surface area contributed by atoms with Crippen molar-refractivity contribution in [1.29, 1.82) is 0 Å². The Balaban J connectivity index is 1.48. The number of rotatable bonds is 4. The van der Waals surface area contributed by atoms with Gasteiger partial charge in [0.15, 0.2) is 5.58 Å². The molecule has 8 nitrogen and oxygen atoms in total. The van der Waals surface area contributed by atoms with Crippen LogP contribution in [0.25, 0.3) is 22.5 Å². The van der Waals surface area contributed by atoms with Gasteiger partial charge in [-0.1, -0.05) is 5.16 Å². The number of aromatic nitrogens is 3. The molecule has 2 aromatic heterocycles. The number of hydrogen-bond donors (Lipinski definition) is 1. The number of nitrogens with zero attached hydrogens (tertiary/aromatic N) is 3. The Morgan fingerprint density at radius 3 is 3.00 bits per heavy atom. The first-order chi connectivity index (χ1) is 11.7. The Labute approximate surface area is 137 Å². The molecule has 24 heavy (non-hydrogen) atoms. The number of hydrogen-bond acceptors (Lipinski definition) is 7. The van der Waals surface area contributed by atoms with Gasteiger partial charge >= 0.3 is 5.76 Å². The third-order valence-corrected chi connectivity index (χ3v) is 4.44. The van der Waals surface area contributed by atoms with Gasteiger partial charge in [0, 0.05) is 25.1 Å². The second-order valence-electron chi connectivity index (χ2n) is 6.00. The zero-order valence-corrected chi connectivity index (χ0v) is 13.3. The van der Waals surface area contributed by atoms with Crippen molar-refractivity contribution in [2.24, 2.45) is 5.92 Å². The minimum absolute atomic E-state index is 0.474. The first-order valence-electron chi connectivity index (χ1n) is 7.96. The smallest absolute Gasteiger partial charge is 0.408 e. The van der Waals surface area contributed by atoms with Crippen molar-refractivity contribution >= 4 is 11.1 Å². The summed E-state index contributed by atoms with van der Waals surface area (Å²) in [6, 6.07) is 5.34. The van der Waals surface area contributed by atoms with Gasteiger partial charge in [0.2, 0.25) is 11.7 Å². The Morgan fingerprint density at radius 2 is 2.21 bits per heavy atom. The van der Waals surface area contributed by atoms with Crippen molar-refractivity contribution < 1.29 is 13.8 Å². The summed E-state index contributed by atoms with van der Waals surface area (Å²) in [5, 5.41) is 6.01. The quantitative estimate of drug-likeness (QED) is 0.781. The van der Waals surface area contributed by atoms with E-state index >= 15 is 0 Å². The van der Waals surface area contributed by atoms with Gasteiger partial charge in [-0.05, 0) is 37.0 Å². The van der Waals surface area contributed by atoms with E-state index in [0.29, 0.717) is 28.7 Å². The van der Waals surface area contributed by atoms with Gasteiger partial charge in [0.1, 0.15) is 0 Å². The molecular weight excluding hydrogens is 312 g/mol. The van der Waals surface area contributed by atoms with E-state index in [1.807, 2.05) is 11.1 Å². The van der Waals surface area contributed by atoms with E-state index in [1.165, 1.54) is 0 Å². The molecule has 1 N–H and O–H groups in total. The molecule has 0 radical (unpaired) electrons. The number of nitrogens with one attached hydrogen (secondary N) is 1. The normalized spacial score (nSPS) is 16.9. The third-order valence-electron chi connectivity index (χ3n) is 4.44. The van der Waals surface area contributed by atoms with Crippen molar-refractivity contribution in [2.75, 3.05) is 20.2 Å². The van der Waals surface area contributed by atoms with Crippen molar-refractivity contribution in [3.63, 3.8) is 0 Å². The van der Waals surface area contributed by atoms with Gasteiger partial charge in [-0.25, -0.2) is 4.79 Å². The zero-order chi connectivity index (χ0) is 16.5. The number of H-pyrrole nitrogens is 1. The first-order valence-corrected chi connectivity index (χ1v) is 7.96. The van der Waals surface area contributed by atoms with Crippen LogP contribution in [0.5, 0.6) is 0 Å². The predicted octanol–water partition coefficient (Wildman–Crippen LogP) is 1.99. The summed E-state index contributed by atoms with van der Waals surface area (Å²) in [7, 11) is 1.70. The van der Waals surface area contributed by atoms with E-state index in [0.717, 1.165) is 37.9 Å². The SMILES string of the molecule is CON1CCC(Cc2nc(-c3ccc4[nH]c(=O)oc4c3)no2)CC1. The van der Waals surface area contributed by atoms with Gasteiger partial charge in [0.05, 0.1) is 12.6 Å². The molecule has 3 heterocycles. The summed E-state index contributed by atoms with van der Waals surface area (Å²) >= 11 is 0. The maximum atomic E-state index is 11.2. The predicted molar refractivity (Wildman–Crippen MR) is 85.1 cm³/mol. The average molecular weight is 330 g/mol. The summed E-state index contributed by atoms with van der Waals surface area (Å²) in [6.45, 7) is 1.84. The molecule has 0 saturated carbocycles. The molecule has 0 spiro atoms. The van der Waals surface area contributed by atoms with E-state index in [9.17, 15) is 4.79 Å². The summed E-state index contributed by atoms with van der Waals surface area (Å²) in [5.74, 6) is 1.19. The van der Waals surface area contributed by atoms with Crippen molar-refractivity contribution in [3.8, 4) is 11.4 Å². The summed E-state index contributed by atoms with van der Waals surface area (Å²) in [6.07, 6.45) is 2.87. The lowest BCUT2D eigenvalue weighted by molar-refractivity contribution is -0.148. The van der Waals surface area contributed by atoms with Crippen molar-refractivity contribution in [2.45, 2.75) is 19.3 Å². The van der Waals surface area contributed by atoms with Gasteiger partial charge < -0.3 is 13.8 Å². The van der Waals surface area contributed by atoms with Gasteiger partial charge in [-0.15, -0.1) is 0 Å². The molecule has 0 unspecified atom stereocenters. The number of oxazole rings is 1. The van der Waals surface area contributed by atoms with Gasteiger partial charge in [-0.2, -0.15) is 10.0 Å². The number of benzene rings is 1. The van der Waals surface area contributed by atoms with Crippen LogP contribution in [0.3, 0.4) is 0 Å². The van der Waals surface area contributed by atoms with E-state index in [2.05, 4.69) is 15.1 Å². The van der Waals surface area contributed by atoms with Crippen molar-refractivity contribution in [1.82, 2.24) is 20.2 Å². The Bertz CT molecular complexity index is 889. The molecule has 1 aliphatic heterocycles. The number of aromatic amines is 1. The molecule has 126 valence electrons. The molecule has 1 aromatic carbocycles. The Morgan fingerprint density at radius 1 is 1.38 bits per heavy atom. The lowest BCUT2D eigenvalue weighted by Gasteiger charge is -2.29. The first kappa shape index (κ1) is 15.1. The van der Waals surface area contributed by atoms with Crippen LogP contribution in [-0.2, 0) is 11.3 Å². The molecule has 3 aromatic rings. The van der Waals surface area contributed by atoms with Crippen LogP contribution in [0.15, 0.2) is 31.9 Å². The Hall–Kier alpha value is -2.45. The molecule has 1 aliphatic rings. The maximum absolute atomic E-state index is 11.2. The molecule has 0 amide bonds. The van der Waals surface area contributed by atoms with Gasteiger partial charge in [-0.3, -0.25) is 4.98 Å².